The first-order chi connectivity index (χ1) is 14.5. The number of rotatable bonds is 10. The van der Waals surface area contributed by atoms with Crippen molar-refractivity contribution in [2.24, 2.45) is 5.73 Å². The minimum Gasteiger partial charge on any atom is -0.507 e. The second kappa shape index (κ2) is 9.01. The van der Waals surface area contributed by atoms with Gasteiger partial charge in [-0.25, -0.2) is 4.79 Å². The number of aromatic hydroxyl groups is 1. The van der Waals surface area contributed by atoms with Crippen molar-refractivity contribution in [2.75, 3.05) is 32.8 Å². The predicted molar refractivity (Wildman–Crippen MR) is 110 cm³/mol. The van der Waals surface area contributed by atoms with Gasteiger partial charge in [0.05, 0.1) is 6.61 Å². The summed E-state index contributed by atoms with van der Waals surface area (Å²) in [6.07, 6.45) is 0.110. The Morgan fingerprint density at radius 2 is 2.03 bits per heavy atom. The number of hydrogen-bond donors (Lipinski definition) is 7. The molecule has 31 heavy (non-hydrogen) atoms. The highest BCUT2D eigenvalue weighted by Gasteiger charge is 2.48. The summed E-state index contributed by atoms with van der Waals surface area (Å²) < 4.78 is 5.77. The lowest BCUT2D eigenvalue weighted by molar-refractivity contribution is -0.127. The topological polar surface area (TPSA) is 186 Å². The number of carboxylic acids is 1. The maximum Gasteiger partial charge on any atom is 0.455 e. The van der Waals surface area contributed by atoms with Gasteiger partial charge in [0.25, 0.3) is 0 Å². The summed E-state index contributed by atoms with van der Waals surface area (Å²) in [6.45, 7) is 2.62. The number of nitrogens with two attached hydrogens (primary N) is 1. The lowest BCUT2D eigenvalue weighted by atomic mass is 9.81. The molecule has 0 radical (unpaired) electrons. The van der Waals surface area contributed by atoms with Gasteiger partial charge in [-0.05, 0) is 30.9 Å². The maximum atomic E-state index is 12.1. The van der Waals surface area contributed by atoms with E-state index in [1.54, 1.807) is 13.0 Å². The van der Waals surface area contributed by atoms with Crippen molar-refractivity contribution < 1.29 is 39.7 Å². The number of aliphatic hydroxyl groups is 1. The number of benzene rings is 1. The molecule has 0 bridgehead atoms. The molecule has 1 saturated heterocycles. The molecule has 1 aliphatic heterocycles. The molecule has 3 rings (SSSR count). The van der Waals surface area contributed by atoms with E-state index in [-0.39, 0.29) is 48.9 Å². The molecule has 1 aromatic rings. The van der Waals surface area contributed by atoms with Crippen molar-refractivity contribution in [2.45, 2.75) is 36.7 Å². The van der Waals surface area contributed by atoms with Gasteiger partial charge in [-0.1, -0.05) is 6.07 Å². The van der Waals surface area contributed by atoms with Crippen molar-refractivity contribution in [3.8, 4) is 11.5 Å². The molecule has 11 nitrogen and oxygen atoms in total. The number of carbonyl (C=O) groups excluding carboxylic acids is 1. The van der Waals surface area contributed by atoms with Gasteiger partial charge in [0.1, 0.15) is 28.7 Å². The van der Waals surface area contributed by atoms with Gasteiger partial charge in [-0.2, -0.15) is 0 Å². The van der Waals surface area contributed by atoms with Crippen LogP contribution in [-0.4, -0.2) is 93.7 Å². The largest absolute Gasteiger partial charge is 0.507 e. The standard InChI is InChI=1S/C19H28BN3O8/c1-19(21,18(28)22-4-5-24)9-23-7-10(8-23)31-14-3-2-11(12-6-13(12)20(29)30)16(25)15(14)17(26)27/h2-3,10,12-13,24-25,29-30H,4-9,21H2,1H3,(H,22,28)(H,26,27)/t12-,13-,19+/m0/s1. The quantitative estimate of drug-likeness (QED) is 0.208. The van der Waals surface area contributed by atoms with Gasteiger partial charge in [0, 0.05) is 32.0 Å². The van der Waals surface area contributed by atoms with Crippen molar-refractivity contribution in [1.82, 2.24) is 10.2 Å². The zero-order chi connectivity index (χ0) is 22.9. The minimum absolute atomic E-state index is 0.0244. The lowest BCUT2D eigenvalue weighted by Crippen LogP contribution is -2.64. The van der Waals surface area contributed by atoms with Crippen LogP contribution < -0.4 is 15.8 Å². The van der Waals surface area contributed by atoms with Gasteiger partial charge in [0.2, 0.25) is 5.91 Å². The van der Waals surface area contributed by atoms with Crippen LogP contribution in [0.3, 0.4) is 0 Å². The number of carboxylic acid groups (broad SMARTS) is 1. The van der Waals surface area contributed by atoms with Crippen molar-refractivity contribution in [1.29, 1.82) is 0 Å². The fourth-order valence-electron chi connectivity index (χ4n) is 3.91. The summed E-state index contributed by atoms with van der Waals surface area (Å²) in [5, 5.41) is 49.9. The van der Waals surface area contributed by atoms with Crippen molar-refractivity contribution in [3.05, 3.63) is 23.3 Å². The number of likely N-dealkylation sites (tertiary alicyclic amines) is 1. The Morgan fingerprint density at radius 3 is 2.58 bits per heavy atom. The number of ether oxygens (including phenoxy) is 1. The Balaban J connectivity index is 1.61. The van der Waals surface area contributed by atoms with E-state index in [1.165, 1.54) is 6.07 Å². The van der Waals surface area contributed by atoms with Crippen molar-refractivity contribution in [3.63, 3.8) is 0 Å². The number of nitrogens with one attached hydrogen (secondary N) is 1. The molecule has 1 aliphatic carbocycles. The molecule has 2 aliphatic rings. The van der Waals surface area contributed by atoms with Gasteiger partial charge in [-0.15, -0.1) is 0 Å². The monoisotopic (exact) mass is 437 g/mol. The number of phenols is 1. The summed E-state index contributed by atoms with van der Waals surface area (Å²) in [7, 11) is -1.52. The second-order valence-corrected chi connectivity index (χ2v) is 8.43. The number of aromatic carboxylic acids is 1. The molecule has 1 saturated carbocycles. The Labute approximate surface area is 179 Å². The van der Waals surface area contributed by atoms with Crippen LogP contribution >= 0.6 is 0 Å². The maximum absolute atomic E-state index is 12.1. The molecule has 0 unspecified atom stereocenters. The number of amides is 1. The van der Waals surface area contributed by atoms with Crippen LogP contribution in [0.25, 0.3) is 0 Å². The molecular weight excluding hydrogens is 409 g/mol. The first-order valence-electron chi connectivity index (χ1n) is 10.1. The van der Waals surface area contributed by atoms with Gasteiger partial charge in [0.15, 0.2) is 0 Å². The zero-order valence-corrected chi connectivity index (χ0v) is 17.2. The molecule has 2 fully saturated rings. The molecule has 0 spiro atoms. The zero-order valence-electron chi connectivity index (χ0n) is 17.2. The Morgan fingerprint density at radius 1 is 1.35 bits per heavy atom. The summed E-state index contributed by atoms with van der Waals surface area (Å²) in [5.74, 6) is -2.88. The fraction of sp³-hybridized carbons (Fsp3) is 0.579. The molecular formula is C19H28BN3O8. The third kappa shape index (κ3) is 5.10. The van der Waals surface area contributed by atoms with Crippen LogP contribution in [0.4, 0.5) is 0 Å². The van der Waals surface area contributed by atoms with Crippen LogP contribution in [0.2, 0.25) is 5.82 Å². The number of carbonyl (C=O) groups is 2. The fourth-order valence-corrected chi connectivity index (χ4v) is 3.91. The van der Waals surface area contributed by atoms with Gasteiger partial charge < -0.3 is 41.2 Å². The molecule has 1 heterocycles. The van der Waals surface area contributed by atoms with Crippen LogP contribution in [0.1, 0.15) is 35.2 Å². The molecule has 1 aromatic carbocycles. The number of nitrogens with zero attached hydrogens (tertiary/aromatic N) is 1. The number of aliphatic hydroxyl groups excluding tert-OH is 1. The summed E-state index contributed by atoms with van der Waals surface area (Å²) in [6, 6.07) is 3.01. The third-order valence-corrected chi connectivity index (χ3v) is 5.69. The SMILES string of the molecule is C[C@@](N)(CN1CC(Oc2ccc([C@@H]3C[C@@H]3B(O)O)c(O)c2C(=O)O)C1)C(=O)NCCO. The van der Waals surface area contributed by atoms with Crippen LogP contribution in [0.15, 0.2) is 12.1 Å². The predicted octanol–water partition coefficient (Wildman–Crippen LogP) is -1.69. The first kappa shape index (κ1) is 23.3. The Hall–Kier alpha value is -2.38. The first-order valence-corrected chi connectivity index (χ1v) is 10.1. The second-order valence-electron chi connectivity index (χ2n) is 8.43. The van der Waals surface area contributed by atoms with Crippen LogP contribution in [-0.2, 0) is 4.79 Å². The molecule has 12 heteroatoms. The van der Waals surface area contributed by atoms with E-state index in [2.05, 4.69) is 5.32 Å². The van der Waals surface area contributed by atoms with E-state index in [4.69, 9.17) is 15.6 Å². The van der Waals surface area contributed by atoms with E-state index in [1.807, 2.05) is 4.90 Å². The highest BCUT2D eigenvalue weighted by molar-refractivity contribution is 6.44. The summed E-state index contributed by atoms with van der Waals surface area (Å²) in [4.78, 5) is 25.7. The van der Waals surface area contributed by atoms with Gasteiger partial charge >= 0.3 is 13.1 Å². The molecule has 8 N–H and O–H groups in total. The van der Waals surface area contributed by atoms with E-state index < -0.39 is 30.2 Å². The van der Waals surface area contributed by atoms with Crippen molar-refractivity contribution >= 4 is 19.0 Å². The highest BCUT2D eigenvalue weighted by Crippen LogP contribution is 2.56. The van der Waals surface area contributed by atoms with E-state index in [0.717, 1.165) is 0 Å². The normalized spacial score (nSPS) is 22.9. The van der Waals surface area contributed by atoms with E-state index in [9.17, 15) is 29.9 Å². The lowest BCUT2D eigenvalue weighted by Gasteiger charge is -2.42. The Kier molecular flexibility index (Phi) is 6.77. The molecule has 3 atom stereocenters. The Bertz CT molecular complexity index is 844. The summed E-state index contributed by atoms with van der Waals surface area (Å²) >= 11 is 0. The molecule has 1 amide bonds. The highest BCUT2D eigenvalue weighted by atomic mass is 16.5. The van der Waals surface area contributed by atoms with Crippen LogP contribution in [0, 0.1) is 0 Å². The summed E-state index contributed by atoms with van der Waals surface area (Å²) in [5.41, 5.74) is 4.88. The van der Waals surface area contributed by atoms with Gasteiger partial charge in [-0.3, -0.25) is 9.69 Å². The minimum atomic E-state index is -1.52. The van der Waals surface area contributed by atoms with E-state index >= 15 is 0 Å². The van der Waals surface area contributed by atoms with Crippen LogP contribution in [0.5, 0.6) is 11.5 Å². The average Bonchev–Trinajstić information content (AvgIpc) is 3.44. The number of hydrogen-bond acceptors (Lipinski definition) is 9. The van der Waals surface area contributed by atoms with E-state index in [0.29, 0.717) is 25.1 Å². The molecule has 0 aromatic heterocycles. The smallest absolute Gasteiger partial charge is 0.455 e. The molecule has 170 valence electrons. The average molecular weight is 437 g/mol. The third-order valence-electron chi connectivity index (χ3n) is 5.69.